The lowest BCUT2D eigenvalue weighted by Crippen LogP contribution is -2.32. The van der Waals surface area contributed by atoms with Crippen molar-refractivity contribution in [3.05, 3.63) is 65.5 Å². The van der Waals surface area contributed by atoms with Crippen molar-refractivity contribution in [2.75, 3.05) is 20.2 Å². The van der Waals surface area contributed by atoms with E-state index in [0.717, 1.165) is 37.2 Å². The maximum Gasteiger partial charge on any atom is 0.127 e. The number of benzene rings is 2. The Kier molecular flexibility index (Phi) is 5.35. The van der Waals surface area contributed by atoms with Gasteiger partial charge in [-0.3, -0.25) is 10.00 Å². The molecule has 1 aliphatic heterocycles. The molecular weight excluding hydrogens is 350 g/mol. The smallest absolute Gasteiger partial charge is 0.127 e. The van der Waals surface area contributed by atoms with Gasteiger partial charge in [-0.2, -0.15) is 5.10 Å². The average Bonchev–Trinajstić information content (AvgIpc) is 3.20. The number of phenolic OH excluding ortho intramolecular Hbond substituents is 1. The molecule has 0 saturated carbocycles. The van der Waals surface area contributed by atoms with Gasteiger partial charge in [0.15, 0.2) is 0 Å². The summed E-state index contributed by atoms with van der Waals surface area (Å²) in [5.41, 5.74) is 5.81. The average molecular weight is 377 g/mol. The molecule has 5 heteroatoms. The molecule has 3 aromatic rings. The van der Waals surface area contributed by atoms with Crippen molar-refractivity contribution in [1.29, 1.82) is 0 Å². The Morgan fingerprint density at radius 3 is 2.71 bits per heavy atom. The molecule has 0 amide bonds. The fourth-order valence-electron chi connectivity index (χ4n) is 4.16. The number of likely N-dealkylation sites (tertiary alicyclic amines) is 1. The highest BCUT2D eigenvalue weighted by Gasteiger charge is 2.25. The number of aromatic hydroxyl groups is 1. The van der Waals surface area contributed by atoms with Gasteiger partial charge in [-0.15, -0.1) is 0 Å². The summed E-state index contributed by atoms with van der Waals surface area (Å²) >= 11 is 0. The third-order valence-electron chi connectivity index (χ3n) is 5.70. The van der Waals surface area contributed by atoms with E-state index in [-0.39, 0.29) is 0 Å². The van der Waals surface area contributed by atoms with Gasteiger partial charge in [0.2, 0.25) is 0 Å². The lowest BCUT2D eigenvalue weighted by atomic mass is 9.89. The van der Waals surface area contributed by atoms with Crippen LogP contribution in [0.15, 0.2) is 48.7 Å². The van der Waals surface area contributed by atoms with Crippen LogP contribution in [0, 0.1) is 6.92 Å². The van der Waals surface area contributed by atoms with Gasteiger partial charge in [-0.05, 0) is 50.6 Å². The number of rotatable bonds is 5. The minimum absolute atomic E-state index is 0.303. The first kappa shape index (κ1) is 18.6. The van der Waals surface area contributed by atoms with E-state index < -0.39 is 0 Å². The lowest BCUT2D eigenvalue weighted by Gasteiger charge is -2.32. The third kappa shape index (κ3) is 3.76. The number of aryl methyl sites for hydroxylation is 1. The van der Waals surface area contributed by atoms with Crippen molar-refractivity contribution in [1.82, 2.24) is 15.1 Å². The number of ether oxygens (including phenoxy) is 1. The zero-order chi connectivity index (χ0) is 19.5. The Morgan fingerprint density at radius 1 is 1.18 bits per heavy atom. The van der Waals surface area contributed by atoms with E-state index in [9.17, 15) is 5.11 Å². The second-order valence-corrected chi connectivity index (χ2v) is 7.58. The molecular formula is C23H27N3O2. The van der Waals surface area contributed by atoms with Crippen LogP contribution in [0.3, 0.4) is 0 Å². The number of aromatic nitrogens is 2. The minimum atomic E-state index is 0.303. The fraction of sp³-hybridized carbons (Fsp3) is 0.348. The van der Waals surface area contributed by atoms with E-state index in [0.29, 0.717) is 18.2 Å². The molecule has 0 bridgehead atoms. The molecule has 2 aromatic carbocycles. The molecule has 2 N–H and O–H groups in total. The zero-order valence-corrected chi connectivity index (χ0v) is 16.5. The first-order valence-electron chi connectivity index (χ1n) is 9.83. The summed E-state index contributed by atoms with van der Waals surface area (Å²) in [5.74, 6) is 1.52. The first-order valence-corrected chi connectivity index (χ1v) is 9.83. The Hall–Kier alpha value is -2.79. The normalized spacial score (nSPS) is 15.6. The van der Waals surface area contributed by atoms with E-state index in [1.54, 1.807) is 13.2 Å². The van der Waals surface area contributed by atoms with Crippen LogP contribution in [0.5, 0.6) is 11.5 Å². The minimum Gasteiger partial charge on any atom is -0.507 e. The molecule has 1 aromatic heterocycles. The van der Waals surface area contributed by atoms with Crippen LogP contribution >= 0.6 is 0 Å². The van der Waals surface area contributed by atoms with Gasteiger partial charge in [0, 0.05) is 29.3 Å². The van der Waals surface area contributed by atoms with Crippen molar-refractivity contribution >= 4 is 0 Å². The summed E-state index contributed by atoms with van der Waals surface area (Å²) in [6.07, 6.45) is 4.08. The molecule has 0 spiro atoms. The summed E-state index contributed by atoms with van der Waals surface area (Å²) in [6.45, 7) is 4.79. The molecule has 0 unspecified atom stereocenters. The van der Waals surface area contributed by atoms with Gasteiger partial charge in [-0.1, -0.05) is 35.9 Å². The number of aromatic amines is 1. The maximum atomic E-state index is 10.2. The summed E-state index contributed by atoms with van der Waals surface area (Å²) < 4.78 is 5.42. The molecule has 28 heavy (non-hydrogen) atoms. The van der Waals surface area contributed by atoms with Gasteiger partial charge in [0.25, 0.3) is 0 Å². The third-order valence-corrected chi connectivity index (χ3v) is 5.70. The standard InChI is InChI=1S/C23H27N3O2/c1-16-5-3-6-18(13-16)19-14-24-25-23(19)17-9-11-26(12-10-17)15-20-21(27)7-4-8-22(20)28-2/h3-8,13-14,17,27H,9-12,15H2,1-2H3,(H,24,25). The van der Waals surface area contributed by atoms with Crippen molar-refractivity contribution in [2.24, 2.45) is 0 Å². The molecule has 0 aliphatic carbocycles. The fourth-order valence-corrected chi connectivity index (χ4v) is 4.16. The molecule has 0 atom stereocenters. The molecule has 1 fully saturated rings. The van der Waals surface area contributed by atoms with Crippen LogP contribution in [0.25, 0.3) is 11.1 Å². The van der Waals surface area contributed by atoms with Crippen LogP contribution in [0.4, 0.5) is 0 Å². The highest BCUT2D eigenvalue weighted by Crippen LogP contribution is 2.35. The molecule has 4 rings (SSSR count). The Bertz CT molecular complexity index is 943. The van der Waals surface area contributed by atoms with Gasteiger partial charge in [0.05, 0.1) is 13.3 Å². The predicted molar refractivity (Wildman–Crippen MR) is 111 cm³/mol. The molecule has 2 heterocycles. The monoisotopic (exact) mass is 377 g/mol. The van der Waals surface area contributed by atoms with E-state index in [1.165, 1.54) is 22.4 Å². The molecule has 0 radical (unpaired) electrons. The number of piperidine rings is 1. The predicted octanol–water partition coefficient (Wildman–Crippen LogP) is 4.48. The van der Waals surface area contributed by atoms with Gasteiger partial charge in [0.1, 0.15) is 11.5 Å². The second-order valence-electron chi connectivity index (χ2n) is 7.58. The molecule has 1 aliphatic rings. The quantitative estimate of drug-likeness (QED) is 0.688. The van der Waals surface area contributed by atoms with Crippen LogP contribution < -0.4 is 4.74 Å². The van der Waals surface area contributed by atoms with Gasteiger partial charge < -0.3 is 9.84 Å². The summed E-state index contributed by atoms with van der Waals surface area (Å²) in [4.78, 5) is 2.39. The summed E-state index contributed by atoms with van der Waals surface area (Å²) in [5, 5.41) is 17.8. The first-order chi connectivity index (χ1) is 13.7. The second kappa shape index (κ2) is 8.07. The molecule has 5 nitrogen and oxygen atoms in total. The van der Waals surface area contributed by atoms with E-state index >= 15 is 0 Å². The Balaban J connectivity index is 1.45. The van der Waals surface area contributed by atoms with Crippen molar-refractivity contribution in [3.8, 4) is 22.6 Å². The summed E-state index contributed by atoms with van der Waals surface area (Å²) in [6, 6.07) is 14.0. The van der Waals surface area contributed by atoms with E-state index in [1.807, 2.05) is 18.3 Å². The van der Waals surface area contributed by atoms with E-state index in [4.69, 9.17) is 4.74 Å². The molecule has 146 valence electrons. The number of hydrogen-bond donors (Lipinski definition) is 2. The highest BCUT2D eigenvalue weighted by atomic mass is 16.5. The number of nitrogens with one attached hydrogen (secondary N) is 1. The number of methoxy groups -OCH3 is 1. The lowest BCUT2D eigenvalue weighted by molar-refractivity contribution is 0.199. The Morgan fingerprint density at radius 2 is 1.96 bits per heavy atom. The maximum absolute atomic E-state index is 10.2. The van der Waals surface area contributed by atoms with Crippen LogP contribution in [0.2, 0.25) is 0 Å². The van der Waals surface area contributed by atoms with Crippen LogP contribution in [0.1, 0.15) is 35.6 Å². The van der Waals surface area contributed by atoms with Gasteiger partial charge >= 0.3 is 0 Å². The highest BCUT2D eigenvalue weighted by molar-refractivity contribution is 5.66. The topological polar surface area (TPSA) is 61.4 Å². The summed E-state index contributed by atoms with van der Waals surface area (Å²) in [7, 11) is 1.65. The van der Waals surface area contributed by atoms with Gasteiger partial charge in [-0.25, -0.2) is 0 Å². The number of nitrogens with zero attached hydrogens (tertiary/aromatic N) is 2. The zero-order valence-electron chi connectivity index (χ0n) is 16.5. The van der Waals surface area contributed by atoms with Crippen molar-refractivity contribution in [3.63, 3.8) is 0 Å². The van der Waals surface area contributed by atoms with E-state index in [2.05, 4.69) is 46.3 Å². The number of hydrogen-bond acceptors (Lipinski definition) is 4. The largest absolute Gasteiger partial charge is 0.507 e. The SMILES string of the molecule is COc1cccc(O)c1CN1CCC(c2[nH]ncc2-c2cccc(C)c2)CC1. The van der Waals surface area contributed by atoms with Crippen molar-refractivity contribution < 1.29 is 9.84 Å². The Labute approximate surface area is 166 Å². The number of H-pyrrole nitrogens is 1. The van der Waals surface area contributed by atoms with Crippen molar-refractivity contribution in [2.45, 2.75) is 32.2 Å². The number of phenols is 1. The van der Waals surface area contributed by atoms with Crippen LogP contribution in [-0.2, 0) is 6.54 Å². The molecule has 1 saturated heterocycles. The van der Waals surface area contributed by atoms with Crippen LogP contribution in [-0.4, -0.2) is 40.4 Å².